The highest BCUT2D eigenvalue weighted by atomic mass is 16.3. The predicted molar refractivity (Wildman–Crippen MR) is 102 cm³/mol. The number of carbonyl (C=O) groups is 1. The van der Waals surface area contributed by atoms with Gasteiger partial charge in [-0.3, -0.25) is 4.79 Å². The predicted octanol–water partition coefficient (Wildman–Crippen LogP) is 2.77. The zero-order valence-electron chi connectivity index (χ0n) is 16.0. The van der Waals surface area contributed by atoms with Crippen molar-refractivity contribution in [2.24, 2.45) is 23.7 Å². The number of nitrogens with one attached hydrogen (secondary N) is 1. The van der Waals surface area contributed by atoms with E-state index in [0.717, 1.165) is 56.2 Å². The van der Waals surface area contributed by atoms with Gasteiger partial charge in [-0.2, -0.15) is 0 Å². The van der Waals surface area contributed by atoms with Crippen LogP contribution in [-0.2, 0) is 10.4 Å². The van der Waals surface area contributed by atoms with Gasteiger partial charge in [0.25, 0.3) is 5.91 Å². The molecular weight excluding hydrogens is 324 g/mol. The summed E-state index contributed by atoms with van der Waals surface area (Å²) in [4.78, 5) is 15.6. The van der Waals surface area contributed by atoms with Crippen LogP contribution in [0, 0.1) is 23.7 Å². The Bertz CT molecular complexity index is 629. The molecule has 1 aromatic rings. The third-order valence-corrected chi connectivity index (χ3v) is 7.13. The molecule has 1 amide bonds. The molecule has 0 spiro atoms. The van der Waals surface area contributed by atoms with E-state index in [9.17, 15) is 9.90 Å². The summed E-state index contributed by atoms with van der Waals surface area (Å²) >= 11 is 0. The van der Waals surface area contributed by atoms with Crippen molar-refractivity contribution in [3.63, 3.8) is 0 Å². The molecule has 1 heterocycles. The Morgan fingerprint density at radius 3 is 2.38 bits per heavy atom. The summed E-state index contributed by atoms with van der Waals surface area (Å²) in [6.07, 6.45) is 4.06. The number of fused-ring (bicyclic) bond motifs is 1. The molecule has 26 heavy (non-hydrogen) atoms. The van der Waals surface area contributed by atoms with Crippen LogP contribution < -0.4 is 5.32 Å². The second kappa shape index (κ2) is 6.97. The second-order valence-corrected chi connectivity index (χ2v) is 8.86. The summed E-state index contributed by atoms with van der Waals surface area (Å²) in [7, 11) is 0. The topological polar surface area (TPSA) is 52.6 Å². The maximum atomic E-state index is 13.1. The molecule has 3 aliphatic rings. The van der Waals surface area contributed by atoms with Crippen LogP contribution in [0.5, 0.6) is 0 Å². The molecule has 142 valence electrons. The van der Waals surface area contributed by atoms with Crippen molar-refractivity contribution in [3.05, 3.63) is 35.9 Å². The monoisotopic (exact) mass is 356 g/mol. The summed E-state index contributed by atoms with van der Waals surface area (Å²) in [5.41, 5.74) is -0.641. The van der Waals surface area contributed by atoms with Gasteiger partial charge >= 0.3 is 0 Å². The Balaban J connectivity index is 1.40. The van der Waals surface area contributed by atoms with Crippen LogP contribution in [0.2, 0.25) is 0 Å². The van der Waals surface area contributed by atoms with Crippen molar-refractivity contribution in [1.82, 2.24) is 10.2 Å². The summed E-state index contributed by atoms with van der Waals surface area (Å²) < 4.78 is 0. The molecule has 4 nitrogen and oxygen atoms in total. The molecular formula is C22H32N2O2. The fourth-order valence-corrected chi connectivity index (χ4v) is 5.34. The summed E-state index contributed by atoms with van der Waals surface area (Å²) in [5.74, 6) is 1.89. The van der Waals surface area contributed by atoms with Gasteiger partial charge in [0.1, 0.15) is 0 Å². The number of amides is 1. The van der Waals surface area contributed by atoms with Gasteiger partial charge in [-0.25, -0.2) is 0 Å². The normalized spacial score (nSPS) is 31.0. The van der Waals surface area contributed by atoms with E-state index in [1.165, 1.54) is 0 Å². The van der Waals surface area contributed by atoms with E-state index in [0.29, 0.717) is 18.5 Å². The van der Waals surface area contributed by atoms with Crippen LogP contribution in [0.15, 0.2) is 30.3 Å². The first-order valence-electron chi connectivity index (χ1n) is 10.3. The fraction of sp³-hybridized carbons (Fsp3) is 0.682. The molecule has 1 aliphatic heterocycles. The van der Waals surface area contributed by atoms with Crippen molar-refractivity contribution in [2.75, 3.05) is 19.6 Å². The van der Waals surface area contributed by atoms with Gasteiger partial charge in [0, 0.05) is 31.6 Å². The molecule has 3 atom stereocenters. The van der Waals surface area contributed by atoms with Gasteiger partial charge in [0.2, 0.25) is 0 Å². The van der Waals surface area contributed by atoms with Gasteiger partial charge in [-0.05, 0) is 50.0 Å². The minimum atomic E-state index is -1.38. The van der Waals surface area contributed by atoms with Crippen LogP contribution in [0.25, 0.3) is 0 Å². The lowest BCUT2D eigenvalue weighted by Gasteiger charge is -2.33. The molecule has 0 radical (unpaired) electrons. The van der Waals surface area contributed by atoms with Crippen LogP contribution in [0.4, 0.5) is 0 Å². The number of hydrogen-bond donors (Lipinski definition) is 2. The molecule has 0 aromatic heterocycles. The second-order valence-electron chi connectivity index (χ2n) is 8.86. The number of nitrogens with zero attached hydrogens (tertiary/aromatic N) is 1. The third-order valence-electron chi connectivity index (χ3n) is 7.13. The average Bonchev–Trinajstić information content (AvgIpc) is 3.09. The van der Waals surface area contributed by atoms with E-state index in [1.807, 2.05) is 30.3 Å². The number of rotatable bonds is 6. The Labute approximate surface area is 157 Å². The van der Waals surface area contributed by atoms with Gasteiger partial charge < -0.3 is 15.3 Å². The summed E-state index contributed by atoms with van der Waals surface area (Å²) in [6, 6.07) is 10.2. The molecule has 1 aromatic carbocycles. The third kappa shape index (κ3) is 3.07. The first kappa shape index (κ1) is 18.0. The Morgan fingerprint density at radius 1 is 1.19 bits per heavy atom. The van der Waals surface area contributed by atoms with Crippen molar-refractivity contribution >= 4 is 5.91 Å². The Kier molecular flexibility index (Phi) is 4.83. The number of carbonyl (C=O) groups excluding carboxylic acids is 1. The maximum Gasteiger partial charge on any atom is 0.256 e. The van der Waals surface area contributed by atoms with E-state index in [4.69, 9.17) is 0 Å². The Morgan fingerprint density at radius 2 is 1.81 bits per heavy atom. The lowest BCUT2D eigenvalue weighted by Crippen LogP contribution is -2.49. The van der Waals surface area contributed by atoms with Crippen molar-refractivity contribution in [2.45, 2.75) is 51.2 Å². The van der Waals surface area contributed by atoms with E-state index in [-0.39, 0.29) is 11.8 Å². The number of hydrogen-bond acceptors (Lipinski definition) is 3. The summed E-state index contributed by atoms with van der Waals surface area (Å²) in [6.45, 7) is 7.54. The smallest absolute Gasteiger partial charge is 0.256 e. The highest BCUT2D eigenvalue weighted by Gasteiger charge is 2.56. The Hall–Kier alpha value is -1.39. The van der Waals surface area contributed by atoms with Crippen molar-refractivity contribution in [3.8, 4) is 0 Å². The van der Waals surface area contributed by atoms with Gasteiger partial charge in [-0.15, -0.1) is 0 Å². The van der Waals surface area contributed by atoms with E-state index in [1.54, 1.807) is 0 Å². The van der Waals surface area contributed by atoms with Crippen LogP contribution in [0.1, 0.15) is 45.1 Å². The number of likely N-dealkylation sites (tertiary alicyclic amines) is 1. The van der Waals surface area contributed by atoms with E-state index < -0.39 is 5.60 Å². The minimum Gasteiger partial charge on any atom is -0.375 e. The van der Waals surface area contributed by atoms with Crippen LogP contribution in [0.3, 0.4) is 0 Å². The van der Waals surface area contributed by atoms with E-state index in [2.05, 4.69) is 24.1 Å². The molecule has 2 N–H and O–H groups in total. The number of aliphatic hydroxyl groups is 1. The summed E-state index contributed by atoms with van der Waals surface area (Å²) in [5, 5.41) is 14.6. The minimum absolute atomic E-state index is 0.0278. The van der Waals surface area contributed by atoms with Gasteiger partial charge in [0.15, 0.2) is 5.60 Å². The fourth-order valence-electron chi connectivity index (χ4n) is 5.34. The zero-order chi connectivity index (χ0) is 18.3. The number of piperidine rings is 1. The molecule has 3 fully saturated rings. The largest absolute Gasteiger partial charge is 0.375 e. The van der Waals surface area contributed by atoms with Gasteiger partial charge in [-0.1, -0.05) is 43.2 Å². The average molecular weight is 357 g/mol. The first-order valence-corrected chi connectivity index (χ1v) is 10.3. The number of benzene rings is 1. The zero-order valence-corrected chi connectivity index (χ0v) is 16.0. The van der Waals surface area contributed by atoms with Crippen molar-refractivity contribution < 1.29 is 9.90 Å². The van der Waals surface area contributed by atoms with Crippen LogP contribution in [-0.4, -0.2) is 41.6 Å². The van der Waals surface area contributed by atoms with Gasteiger partial charge in [0.05, 0.1) is 0 Å². The molecule has 2 saturated carbocycles. The highest BCUT2D eigenvalue weighted by molar-refractivity contribution is 5.86. The lowest BCUT2D eigenvalue weighted by molar-refractivity contribution is -0.147. The molecule has 1 saturated heterocycles. The lowest BCUT2D eigenvalue weighted by atomic mass is 9.79. The van der Waals surface area contributed by atoms with Crippen LogP contribution >= 0.6 is 0 Å². The van der Waals surface area contributed by atoms with Crippen molar-refractivity contribution in [1.29, 1.82) is 0 Å². The van der Waals surface area contributed by atoms with E-state index >= 15 is 0 Å². The highest BCUT2D eigenvalue weighted by Crippen LogP contribution is 2.51. The first-order chi connectivity index (χ1) is 12.5. The molecule has 0 bridgehead atoms. The quantitative estimate of drug-likeness (QED) is 0.824. The molecule has 2 aliphatic carbocycles. The maximum absolute atomic E-state index is 13.1. The molecule has 4 heteroatoms. The SMILES string of the molecule is CC(C)N1CC2C(CNC(=O)C(O)(c3ccccc3)C3CCCC3)C2C1. The molecule has 3 unspecified atom stereocenters. The standard InChI is InChI=1S/C22H32N2O2/c1-15(2)24-13-19-18(20(19)14-24)12-23-21(25)22(26,17-10-6-7-11-17)16-8-4-3-5-9-16/h3-5,8-9,15,17-20,26H,6-7,10-14H2,1-2H3,(H,23,25). The molecule has 4 rings (SSSR count).